The van der Waals surface area contributed by atoms with Gasteiger partial charge in [0.2, 0.25) is 11.8 Å². The molecule has 1 heterocycles. The van der Waals surface area contributed by atoms with E-state index in [0.717, 1.165) is 16.8 Å². The van der Waals surface area contributed by atoms with E-state index < -0.39 is 6.04 Å². The number of nitrogens with one attached hydrogen (secondary N) is 1. The van der Waals surface area contributed by atoms with Crippen molar-refractivity contribution in [3.05, 3.63) is 65.7 Å². The summed E-state index contributed by atoms with van der Waals surface area (Å²) in [7, 11) is 0. The van der Waals surface area contributed by atoms with Gasteiger partial charge in [0.25, 0.3) is 0 Å². The summed E-state index contributed by atoms with van der Waals surface area (Å²) >= 11 is 0. The lowest BCUT2D eigenvalue weighted by Crippen LogP contribution is -2.47. The molecule has 1 atom stereocenters. The molecule has 1 aliphatic rings. The molecule has 112 valence electrons. The number of nitrogens with zero attached hydrogens (tertiary/aromatic N) is 1. The van der Waals surface area contributed by atoms with Crippen molar-refractivity contribution in [1.29, 1.82) is 0 Å². The zero-order chi connectivity index (χ0) is 15.5. The summed E-state index contributed by atoms with van der Waals surface area (Å²) in [6.07, 6.45) is 0.566. The highest BCUT2D eigenvalue weighted by Gasteiger charge is 2.36. The second-order valence-electron chi connectivity index (χ2n) is 5.44. The minimum absolute atomic E-state index is 0.107. The maximum Gasteiger partial charge on any atom is 0.243 e. The predicted octanol–water partition coefficient (Wildman–Crippen LogP) is 2.28. The van der Waals surface area contributed by atoms with Gasteiger partial charge in [-0.2, -0.15) is 0 Å². The maximum atomic E-state index is 12.5. The van der Waals surface area contributed by atoms with E-state index in [0.29, 0.717) is 13.0 Å². The largest absolute Gasteiger partial charge is 0.350 e. The Hall–Kier alpha value is -2.62. The molecule has 0 aliphatic carbocycles. The summed E-state index contributed by atoms with van der Waals surface area (Å²) in [5, 5.41) is 2.93. The summed E-state index contributed by atoms with van der Waals surface area (Å²) in [5.74, 6) is -0.222. The fourth-order valence-corrected chi connectivity index (χ4v) is 2.89. The molecule has 0 fully saturated rings. The normalized spacial score (nSPS) is 16.2. The summed E-state index contributed by atoms with van der Waals surface area (Å²) < 4.78 is 0. The number of carbonyl (C=O) groups excluding carboxylic acids is 2. The van der Waals surface area contributed by atoms with Gasteiger partial charge in [0.05, 0.1) is 0 Å². The molecule has 0 aromatic heterocycles. The molecule has 2 amide bonds. The average Bonchev–Trinajstić information content (AvgIpc) is 2.93. The molecule has 0 unspecified atom stereocenters. The van der Waals surface area contributed by atoms with Crippen molar-refractivity contribution in [1.82, 2.24) is 5.32 Å². The summed E-state index contributed by atoms with van der Waals surface area (Å²) in [5.41, 5.74) is 2.92. The van der Waals surface area contributed by atoms with Crippen molar-refractivity contribution < 1.29 is 9.59 Å². The third kappa shape index (κ3) is 2.72. The molecule has 0 saturated heterocycles. The highest BCUT2D eigenvalue weighted by molar-refractivity contribution is 6.02. The van der Waals surface area contributed by atoms with E-state index >= 15 is 0 Å². The van der Waals surface area contributed by atoms with E-state index in [4.69, 9.17) is 0 Å². The number of benzene rings is 2. The molecule has 2 aromatic carbocycles. The summed E-state index contributed by atoms with van der Waals surface area (Å²) in [6, 6.07) is 17.0. The fourth-order valence-electron chi connectivity index (χ4n) is 2.89. The Bertz CT molecular complexity index is 697. The Morgan fingerprint density at radius 1 is 1.09 bits per heavy atom. The second-order valence-corrected chi connectivity index (χ2v) is 5.44. The first kappa shape index (κ1) is 14.3. The summed E-state index contributed by atoms with van der Waals surface area (Å²) in [4.78, 5) is 26.0. The van der Waals surface area contributed by atoms with E-state index in [1.807, 2.05) is 54.6 Å². The van der Waals surface area contributed by atoms with Crippen LogP contribution < -0.4 is 10.2 Å². The number of carbonyl (C=O) groups is 2. The smallest absolute Gasteiger partial charge is 0.243 e. The van der Waals surface area contributed by atoms with E-state index in [9.17, 15) is 9.59 Å². The van der Waals surface area contributed by atoms with Gasteiger partial charge in [-0.1, -0.05) is 48.5 Å². The molecular formula is C18H18N2O2. The SMILES string of the molecule is CC(=O)N1c2ccccc2C[C@H]1C(=O)NCc1ccccc1. The molecule has 0 spiro atoms. The first-order chi connectivity index (χ1) is 10.7. The molecule has 0 bridgehead atoms. The number of rotatable bonds is 3. The molecule has 4 nitrogen and oxygen atoms in total. The fraction of sp³-hybridized carbons (Fsp3) is 0.222. The minimum atomic E-state index is -0.460. The van der Waals surface area contributed by atoms with Gasteiger partial charge in [0.15, 0.2) is 0 Å². The third-order valence-electron chi connectivity index (χ3n) is 3.93. The van der Waals surface area contributed by atoms with Crippen LogP contribution in [0.5, 0.6) is 0 Å². The predicted molar refractivity (Wildman–Crippen MR) is 85.4 cm³/mol. The Labute approximate surface area is 129 Å². The van der Waals surface area contributed by atoms with Gasteiger partial charge in [-0.3, -0.25) is 14.5 Å². The van der Waals surface area contributed by atoms with Gasteiger partial charge >= 0.3 is 0 Å². The van der Waals surface area contributed by atoms with Gasteiger partial charge in [-0.25, -0.2) is 0 Å². The monoisotopic (exact) mass is 294 g/mol. The molecule has 1 N–H and O–H groups in total. The van der Waals surface area contributed by atoms with Gasteiger partial charge in [-0.15, -0.1) is 0 Å². The Balaban J connectivity index is 1.74. The van der Waals surface area contributed by atoms with Crippen LogP contribution in [0.1, 0.15) is 18.1 Å². The van der Waals surface area contributed by atoms with E-state index in [2.05, 4.69) is 5.32 Å². The van der Waals surface area contributed by atoms with Crippen molar-refractivity contribution in [3.63, 3.8) is 0 Å². The number of hydrogen-bond donors (Lipinski definition) is 1. The van der Waals surface area contributed by atoms with Gasteiger partial charge < -0.3 is 5.32 Å². The summed E-state index contributed by atoms with van der Waals surface area (Å²) in [6.45, 7) is 1.97. The lowest BCUT2D eigenvalue weighted by Gasteiger charge is -2.23. The average molecular weight is 294 g/mol. The molecule has 1 aliphatic heterocycles. The Kier molecular flexibility index (Phi) is 3.92. The van der Waals surface area contributed by atoms with Crippen LogP contribution in [0, 0.1) is 0 Å². The van der Waals surface area contributed by atoms with Crippen molar-refractivity contribution in [2.24, 2.45) is 0 Å². The van der Waals surface area contributed by atoms with Gasteiger partial charge in [0, 0.05) is 25.6 Å². The highest BCUT2D eigenvalue weighted by atomic mass is 16.2. The van der Waals surface area contributed by atoms with Crippen LogP contribution in [0.2, 0.25) is 0 Å². The molecule has 2 aromatic rings. The van der Waals surface area contributed by atoms with Crippen LogP contribution >= 0.6 is 0 Å². The van der Waals surface area contributed by atoms with Crippen molar-refractivity contribution >= 4 is 17.5 Å². The van der Waals surface area contributed by atoms with Crippen LogP contribution in [-0.2, 0) is 22.6 Å². The number of amides is 2. The zero-order valence-electron chi connectivity index (χ0n) is 12.5. The van der Waals surface area contributed by atoms with E-state index in [1.165, 1.54) is 6.92 Å². The molecule has 22 heavy (non-hydrogen) atoms. The van der Waals surface area contributed by atoms with E-state index in [-0.39, 0.29) is 11.8 Å². The van der Waals surface area contributed by atoms with Gasteiger partial charge in [0.1, 0.15) is 6.04 Å². The molecule has 0 radical (unpaired) electrons. The second kappa shape index (κ2) is 6.02. The molecule has 4 heteroatoms. The maximum absolute atomic E-state index is 12.5. The lowest BCUT2D eigenvalue weighted by atomic mass is 10.1. The van der Waals surface area contributed by atoms with Crippen molar-refractivity contribution in [2.75, 3.05) is 4.90 Å². The van der Waals surface area contributed by atoms with Gasteiger partial charge in [-0.05, 0) is 17.2 Å². The molecular weight excluding hydrogens is 276 g/mol. The number of fused-ring (bicyclic) bond motifs is 1. The number of hydrogen-bond acceptors (Lipinski definition) is 2. The quantitative estimate of drug-likeness (QED) is 0.944. The first-order valence-corrected chi connectivity index (χ1v) is 7.36. The van der Waals surface area contributed by atoms with Crippen LogP contribution in [0.4, 0.5) is 5.69 Å². The zero-order valence-corrected chi connectivity index (χ0v) is 12.5. The van der Waals surface area contributed by atoms with Crippen molar-refractivity contribution in [2.45, 2.75) is 25.9 Å². The third-order valence-corrected chi connectivity index (χ3v) is 3.93. The topological polar surface area (TPSA) is 49.4 Å². The first-order valence-electron chi connectivity index (χ1n) is 7.36. The molecule has 0 saturated carbocycles. The molecule has 3 rings (SSSR count). The Morgan fingerprint density at radius 2 is 1.77 bits per heavy atom. The highest BCUT2D eigenvalue weighted by Crippen LogP contribution is 2.32. The lowest BCUT2D eigenvalue weighted by molar-refractivity contribution is -0.125. The number of para-hydroxylation sites is 1. The van der Waals surface area contributed by atoms with Crippen LogP contribution in [0.25, 0.3) is 0 Å². The standard InChI is InChI=1S/C18H18N2O2/c1-13(21)20-16-10-6-5-9-15(16)11-17(20)18(22)19-12-14-7-3-2-4-8-14/h2-10,17H,11-12H2,1H3,(H,19,22)/t17-/m0/s1. The minimum Gasteiger partial charge on any atom is -0.350 e. The number of anilines is 1. The van der Waals surface area contributed by atoms with E-state index in [1.54, 1.807) is 4.90 Å². The van der Waals surface area contributed by atoms with Crippen LogP contribution in [-0.4, -0.2) is 17.9 Å². The van der Waals surface area contributed by atoms with Crippen LogP contribution in [0.15, 0.2) is 54.6 Å². The van der Waals surface area contributed by atoms with Crippen molar-refractivity contribution in [3.8, 4) is 0 Å². The van der Waals surface area contributed by atoms with Crippen LogP contribution in [0.3, 0.4) is 0 Å². The Morgan fingerprint density at radius 3 is 2.50 bits per heavy atom.